The first kappa shape index (κ1) is 94.7. The zero-order chi connectivity index (χ0) is 88.9. The van der Waals surface area contributed by atoms with Crippen molar-refractivity contribution < 1.29 is 44.7 Å². The third-order valence-electron chi connectivity index (χ3n) is 22.0. The smallest absolute Gasteiger partial charge is 0.0134 e. The van der Waals surface area contributed by atoms with Crippen molar-refractivity contribution in [2.45, 2.75) is 112 Å². The number of amides is 6. The molecule has 0 saturated heterocycles. The Bertz CT molecular complexity index is 6330. The van der Waals surface area contributed by atoms with Gasteiger partial charge in [0, 0.05) is 59.5 Å². The Balaban J connectivity index is 0.000000137. The second-order valence-corrected chi connectivity index (χ2v) is 44.3. The van der Waals surface area contributed by atoms with Gasteiger partial charge in [-0.25, -0.2) is 0 Å². The first-order chi connectivity index (χ1) is 62.6. The molecule has 0 radical (unpaired) electrons. The van der Waals surface area contributed by atoms with Gasteiger partial charge in [0.25, 0.3) is 35.4 Å². The summed E-state index contributed by atoms with van der Waals surface area (Å²) >= 11 is 16.2. The van der Waals surface area contributed by atoms with Crippen LogP contribution in [0.3, 0.4) is 0 Å². The topological polar surface area (TPSA) is 213 Å². The van der Waals surface area contributed by atoms with Crippen LogP contribution in [-0.4, -0.2) is 87.3 Å². The van der Waals surface area contributed by atoms with Crippen LogP contribution >= 0.6 is 124 Å². The van der Waals surface area contributed by atoms with Crippen LogP contribution in [0.5, 0.6) is 0 Å². The molecule has 129 heavy (non-hydrogen) atoms. The van der Waals surface area contributed by atoms with E-state index in [2.05, 4.69) is 258 Å². The van der Waals surface area contributed by atoms with E-state index in [9.17, 15) is 28.8 Å². The molecule has 5 aliphatic heterocycles. The summed E-state index contributed by atoms with van der Waals surface area (Å²) in [5, 5.41) is 11.2. The molecule has 0 N–H and O–H groups in total. The second-order valence-electron chi connectivity index (χ2n) is 30.3. The van der Waals surface area contributed by atoms with Gasteiger partial charge < -0.3 is 0 Å². The van der Waals surface area contributed by atoms with E-state index in [-0.39, 0.29) is 58.8 Å². The fourth-order valence-electron chi connectivity index (χ4n) is 15.8. The fourth-order valence-corrected chi connectivity index (χ4v) is 27.4. The molecule has 0 aliphatic carbocycles. The Morgan fingerprint density at radius 2 is 0.589 bits per heavy atom. The van der Waals surface area contributed by atoms with E-state index >= 15 is 0 Å². The minimum atomic E-state index is -0.446. The normalized spacial score (nSPS) is 13.1. The van der Waals surface area contributed by atoms with E-state index in [0.717, 1.165) is 183 Å². The summed E-state index contributed by atoms with van der Waals surface area (Å²) in [6, 6.07) is 81.9. The van der Waals surface area contributed by atoms with Crippen molar-refractivity contribution in [1.29, 1.82) is 0 Å². The van der Waals surface area contributed by atoms with E-state index in [0.29, 0.717) is 75.4 Å². The van der Waals surface area contributed by atoms with E-state index in [1.54, 1.807) is 11.3 Å². The third kappa shape index (κ3) is 20.7. The molecule has 0 bridgehead atoms. The van der Waals surface area contributed by atoms with Gasteiger partial charge in [-0.1, -0.05) is 268 Å². The average molecular weight is 2140 g/mol. The Hall–Kier alpha value is -8.94. The molecule has 0 saturated carbocycles. The quantitative estimate of drug-likeness (QED) is 0.0256. The minimum Gasteiger partial charge on any atom is -0.0622 e. The predicted octanol–water partition coefficient (Wildman–Crippen LogP) is 27.8. The van der Waals surface area contributed by atoms with Crippen molar-refractivity contribution in [3.05, 3.63) is 284 Å². The molecular formula is C98H85Br2Cl2N11O6P2PdS7. The molecule has 17 nitrogen and oxygen atoms in total. The van der Waals surface area contributed by atoms with Crippen molar-refractivity contribution in [2.75, 3.05) is 19.6 Å². The first-order valence-electron chi connectivity index (χ1n) is 41.7. The Kier molecular flexibility index (Phi) is 32.7. The number of hydrogen-bond acceptors (Lipinski definition) is 19. The minimum absolute atomic E-state index is 0. The van der Waals surface area contributed by atoms with Gasteiger partial charge in [-0.3, -0.25) is 43.5 Å². The molecule has 31 heteroatoms. The van der Waals surface area contributed by atoms with Gasteiger partial charge in [0.1, 0.15) is 44.8 Å². The molecule has 0 unspecified atom stereocenters. The van der Waals surface area contributed by atoms with Crippen molar-refractivity contribution in [2.24, 2.45) is 17.5 Å². The number of halogens is 4. The Morgan fingerprint density at radius 3 is 0.876 bits per heavy atom. The first-order valence-corrected chi connectivity index (χ1v) is 55.4. The maximum Gasteiger partial charge on any atom is -0.0134 e. The SMILES string of the molecule is Brc1c2c(c(Br)c3nsnc13)N=S=N2.C.CCCCCCN1C(=O)c2cc3cc(-c4c5c(c(-c6cc7cc8c(cc7s6)C(=O)N(CCCCCC)C8=O)c6nsnc46)N=S=N5)sc3cc2C1=O.CCCCCCN1C(=O)c2cc3cc(C)sc3cc2C1=O.[Cl][Pd][Cl].c1ccc(P(c2ccccc2)c2ccccc2)cc1.c1ccc(P(c2ccccc2)c2ccccc2)cc1. The number of fused-ring (bicyclic) bond motifs is 10. The van der Waals surface area contributed by atoms with Crippen LogP contribution in [0, 0.1) is 6.92 Å². The van der Waals surface area contributed by atoms with E-state index in [1.165, 1.54) is 97.2 Å². The molecule has 0 spiro atoms. The molecule has 6 amide bonds. The number of aryl methyl sites for hydroxylation is 1. The molecular weight excluding hydrogens is 2050 g/mol. The summed E-state index contributed by atoms with van der Waals surface area (Å²) < 4.78 is 40.5. The Morgan fingerprint density at radius 1 is 0.333 bits per heavy atom. The van der Waals surface area contributed by atoms with E-state index in [4.69, 9.17) is 36.5 Å². The maximum absolute atomic E-state index is 13.3. The van der Waals surface area contributed by atoms with Gasteiger partial charge in [0.05, 0.1) is 88.5 Å². The van der Waals surface area contributed by atoms with Gasteiger partial charge in [0.15, 0.2) is 0 Å². The number of thiophene rings is 3. The predicted molar refractivity (Wildman–Crippen MR) is 549 cm³/mol. The summed E-state index contributed by atoms with van der Waals surface area (Å²) in [5.74, 6) is -1.16. The van der Waals surface area contributed by atoms with Crippen molar-refractivity contribution in [1.82, 2.24) is 32.2 Å². The molecule has 0 atom stereocenters. The van der Waals surface area contributed by atoms with Crippen LogP contribution in [0.2, 0.25) is 0 Å². The van der Waals surface area contributed by atoms with Gasteiger partial charge >= 0.3 is 35.0 Å². The molecule has 0 fully saturated rings. The maximum atomic E-state index is 13.3. The van der Waals surface area contributed by atoms with Crippen molar-refractivity contribution >= 4 is 289 Å². The fraction of sp³-hybridized carbons (Fsp3) is 0.204. The standard InChI is InChI=1S/C38H32N6O4S4.2C18H15P.C17H19NO2S.C6Br2N4S2.CH4.2ClH.Pd/c1-3-5-7-9-11-43-35(45)21-13-19-15-27(49-25(19)17-23(21)37(43)47)29-31-33(41-51-39-31)30(34-32(29)40-52-42-34)28-16-20-14-22-24(18-26(20)50-28)38(48)44(36(22)46)12-10-8-6-4-2;2*1-4-10-16(11-5-1)19(17-12-6-2-7-13-17)18-14-8-3-9-15-18;1-3-4-5-6-7-18-16(19)13-9-12-8-11(2)21-15(12)10-14(13)17(18)20;7-1-3-5(11-13-9-3)2(8)6-4(1)10-14-12-6;;;;/h13-18H,3-12H2,1-2H3;2*1-15H;8-10H,3-7H2,1-2H3;;1H4;2*1H;/q;;;;;;;;+2/p-2. The van der Waals surface area contributed by atoms with Gasteiger partial charge in [0.2, 0.25) is 0 Å². The molecule has 5 aliphatic rings. The van der Waals surface area contributed by atoms with Crippen LogP contribution in [0.1, 0.15) is 172 Å². The number of rotatable bonds is 23. The third-order valence-corrected chi connectivity index (χ3v) is 33.7. The zero-order valence-electron chi connectivity index (χ0n) is 69.6. The van der Waals surface area contributed by atoms with E-state index in [1.807, 2.05) is 55.5 Å². The molecule has 11 aromatic carbocycles. The summed E-state index contributed by atoms with van der Waals surface area (Å²) in [4.78, 5) is 85.3. The zero-order valence-corrected chi connectivity index (χ0v) is 83.3. The average Bonchev–Trinajstić information content (AvgIpc) is 1.57. The molecule has 10 heterocycles. The summed E-state index contributed by atoms with van der Waals surface area (Å²) in [6.45, 7) is 9.89. The van der Waals surface area contributed by atoms with Crippen LogP contribution in [-0.2, 0) is 38.6 Å². The van der Waals surface area contributed by atoms with Crippen molar-refractivity contribution in [3.8, 4) is 20.9 Å². The number of carbonyl (C=O) groups is 6. The van der Waals surface area contributed by atoms with Crippen molar-refractivity contribution in [3.63, 3.8) is 0 Å². The van der Waals surface area contributed by atoms with Crippen LogP contribution in [0.4, 0.5) is 22.7 Å². The largest absolute Gasteiger partial charge is 0.0622 e. The monoisotopic (exact) mass is 2130 g/mol. The number of hydrogen-bond donors (Lipinski definition) is 0. The Labute approximate surface area is 811 Å². The number of nitrogens with zero attached hydrogens (tertiary/aromatic N) is 11. The van der Waals surface area contributed by atoms with Crippen LogP contribution < -0.4 is 31.8 Å². The summed E-state index contributed by atoms with van der Waals surface area (Å²) in [7, 11) is 8.74. The summed E-state index contributed by atoms with van der Waals surface area (Å²) in [6.07, 6.45) is 12.2. The number of unbranched alkanes of at least 4 members (excludes halogenated alkanes) is 9. The number of benzene rings is 11. The second kappa shape index (κ2) is 44.5. The van der Waals surface area contributed by atoms with Gasteiger partial charge in [-0.15, -0.1) is 34.0 Å². The van der Waals surface area contributed by atoms with Crippen LogP contribution in [0.25, 0.3) is 73.2 Å². The van der Waals surface area contributed by atoms with Crippen LogP contribution in [0.15, 0.2) is 263 Å². The van der Waals surface area contributed by atoms with E-state index < -0.39 is 15.8 Å². The number of imide groups is 3. The molecule has 658 valence electrons. The number of aromatic nitrogens is 4. The molecule has 5 aromatic heterocycles. The molecule has 16 aromatic rings. The van der Waals surface area contributed by atoms with Gasteiger partial charge in [-0.05, 0) is 176 Å². The summed E-state index contributed by atoms with van der Waals surface area (Å²) in [5.41, 5.74) is 10.8. The van der Waals surface area contributed by atoms with Gasteiger partial charge in [-0.2, -0.15) is 34.9 Å². The molecule has 21 rings (SSSR count). The number of carbonyl (C=O) groups excluding carboxylic acids is 6.